The van der Waals surface area contributed by atoms with Crippen molar-refractivity contribution in [3.63, 3.8) is 0 Å². The van der Waals surface area contributed by atoms with Crippen LogP contribution in [0.25, 0.3) is 0 Å². The van der Waals surface area contributed by atoms with E-state index in [1.165, 1.54) is 0 Å². The predicted octanol–water partition coefficient (Wildman–Crippen LogP) is -5.95. The van der Waals surface area contributed by atoms with Crippen molar-refractivity contribution in [2.24, 2.45) is 3.42 Å². The molecule has 0 aliphatic heterocycles. The Hall–Kier alpha value is -0.316. The summed E-state index contributed by atoms with van der Waals surface area (Å²) in [7, 11) is 0. The minimum absolute atomic E-state index is 0. The van der Waals surface area contributed by atoms with Gasteiger partial charge in [0.2, 0.25) is 0 Å². The number of nitrogens with zero attached hydrogens (tertiary/aromatic N) is 1. The van der Waals surface area contributed by atoms with Crippen LogP contribution in [0, 0.1) is 0 Å². The van der Waals surface area contributed by atoms with Crippen LogP contribution < -0.4 is 37.2 Å². The fraction of sp³-hybridized carbons (Fsp3) is 0. The fourth-order valence-electron chi connectivity index (χ4n) is 0.761. The number of para-hydroxylation sites is 1. The molecule has 0 radical (unpaired) electrons. The number of halogens is 3. The van der Waals surface area contributed by atoms with E-state index in [0.29, 0.717) is 11.6 Å². The van der Waals surface area contributed by atoms with Crippen molar-refractivity contribution >= 4 is 5.88 Å². The molecule has 1 aromatic heterocycles. The summed E-state index contributed by atoms with van der Waals surface area (Å²) in [5.41, 5.74) is 0. The van der Waals surface area contributed by atoms with E-state index in [9.17, 15) is 0 Å². The Kier molecular flexibility index (Phi) is 17.7. The first-order valence-corrected chi connectivity index (χ1v) is 4.68. The fourth-order valence-corrected chi connectivity index (χ4v) is 0.960. The molecule has 0 atom stereocenters. The summed E-state index contributed by atoms with van der Waals surface area (Å²) in [4.78, 5) is 0. The van der Waals surface area contributed by atoms with E-state index < -0.39 is 0 Å². The van der Waals surface area contributed by atoms with E-state index in [0.717, 1.165) is 0 Å². The molecule has 0 saturated heterocycles. The van der Waals surface area contributed by atoms with Crippen molar-refractivity contribution in [2.75, 3.05) is 0 Å². The average molecular weight is 329 g/mol. The van der Waals surface area contributed by atoms with Gasteiger partial charge in [-0.2, -0.15) is 0 Å². The van der Waals surface area contributed by atoms with Crippen LogP contribution in [0.5, 0.6) is 5.75 Å². The first-order chi connectivity index (χ1) is 6.83. The van der Waals surface area contributed by atoms with Crippen molar-refractivity contribution in [2.45, 2.75) is 0 Å². The van der Waals surface area contributed by atoms with Gasteiger partial charge in [-0.05, 0) is 12.1 Å². The van der Waals surface area contributed by atoms with Crippen LogP contribution in [-0.4, -0.2) is 5.11 Å². The number of hydrogen-bond donors (Lipinski definition) is 1. The topological polar surface area (TPSA) is 45.7 Å². The van der Waals surface area contributed by atoms with Crippen molar-refractivity contribution in [3.05, 3.63) is 48.7 Å². The van der Waals surface area contributed by atoms with Crippen molar-refractivity contribution in [1.82, 2.24) is 0 Å². The van der Waals surface area contributed by atoms with Gasteiger partial charge >= 0.3 is 52.4 Å². The van der Waals surface area contributed by atoms with Gasteiger partial charge in [-0.15, -0.1) is 0 Å². The van der Waals surface area contributed by atoms with Crippen LogP contribution >= 0.6 is 0 Å². The van der Waals surface area contributed by atoms with Gasteiger partial charge in [-0.1, -0.05) is 18.2 Å². The molecule has 17 heavy (non-hydrogen) atoms. The molecular weight excluding hydrogens is 320 g/mol. The molecule has 1 aromatic carbocycles. The number of phenolic OH excluding ortho intramolecular Hbond substituents is 1. The monoisotopic (exact) mass is 328 g/mol. The number of phenols is 1. The summed E-state index contributed by atoms with van der Waals surface area (Å²) in [5.74, 6) is 1.00. The van der Waals surface area contributed by atoms with E-state index in [-0.39, 0.29) is 37.2 Å². The molecule has 7 heteroatoms. The predicted molar refractivity (Wildman–Crippen MR) is 48.9 cm³/mol. The third-order valence-electron chi connectivity index (χ3n) is 1.37. The third-order valence-corrected chi connectivity index (χ3v) is 1.72. The van der Waals surface area contributed by atoms with Gasteiger partial charge in [-0.25, -0.2) is 0 Å². The summed E-state index contributed by atoms with van der Waals surface area (Å²) in [6.07, 6.45) is 1.60. The first kappa shape index (κ1) is 21.9. The number of hydrogen-bond acceptors (Lipinski definition) is 3. The van der Waals surface area contributed by atoms with Gasteiger partial charge in [0.25, 0.3) is 0 Å². The van der Waals surface area contributed by atoms with Gasteiger partial charge in [0.15, 0.2) is 0 Å². The van der Waals surface area contributed by atoms with Crippen molar-refractivity contribution < 1.29 is 67.0 Å². The molecule has 0 fully saturated rings. The van der Waals surface area contributed by atoms with E-state index in [1.807, 2.05) is 12.1 Å². The minimum atomic E-state index is 0. The van der Waals surface area contributed by atoms with Crippen LogP contribution in [0.2, 0.25) is 0 Å². The van der Waals surface area contributed by atoms with E-state index in [1.54, 1.807) is 56.9 Å². The Morgan fingerprint density at radius 1 is 0.941 bits per heavy atom. The summed E-state index contributed by atoms with van der Waals surface area (Å²) in [6.45, 7) is 0. The molecule has 94 valence electrons. The van der Waals surface area contributed by atoms with Crippen LogP contribution in [0.3, 0.4) is 0 Å². The molecule has 1 heterocycles. The van der Waals surface area contributed by atoms with E-state index in [4.69, 9.17) is 9.52 Å². The zero-order valence-corrected chi connectivity index (χ0v) is 12.4. The molecule has 0 saturated carbocycles. The van der Waals surface area contributed by atoms with Gasteiger partial charge in [0.05, 0.1) is 0 Å². The molecule has 0 aliphatic rings. The Morgan fingerprint density at radius 2 is 1.53 bits per heavy atom. The summed E-state index contributed by atoms with van der Waals surface area (Å²) in [5, 5.41) is 8.63. The SMILES string of the molecule is Oc1ccccc1.[Cl-].[Cl-].[Cl-].[Ti]=[N]c1ccco1. The number of aromatic hydroxyl groups is 1. The Balaban J connectivity index is -0.000000196. The Labute approximate surface area is 130 Å². The number of furan rings is 1. The molecular formula is C10H9Cl3NO2Ti-3. The number of rotatable bonds is 1. The molecule has 0 unspecified atom stereocenters. The van der Waals surface area contributed by atoms with Crippen LogP contribution in [0.4, 0.5) is 5.88 Å². The van der Waals surface area contributed by atoms with Gasteiger partial charge in [0.1, 0.15) is 5.75 Å². The second-order valence-corrected chi connectivity index (χ2v) is 2.75. The zero-order valence-electron chi connectivity index (χ0n) is 8.56. The molecule has 1 N–H and O–H groups in total. The van der Waals surface area contributed by atoms with Crippen molar-refractivity contribution in [3.8, 4) is 5.75 Å². The summed E-state index contributed by atoms with van der Waals surface area (Å²) >= 11 is 1.69. The standard InChI is InChI=1S/C6H6O.C4H3NO.3ClH.Ti/c7-6-4-2-1-3-5-6;5-4-2-1-3-6-4;;;;/h1-5,7H;1-3H;3*1H;/p-3. The van der Waals surface area contributed by atoms with E-state index >= 15 is 0 Å². The Morgan fingerprint density at radius 3 is 1.76 bits per heavy atom. The normalized spacial score (nSPS) is 7.00. The van der Waals surface area contributed by atoms with Gasteiger partial charge in [-0.3, -0.25) is 0 Å². The second-order valence-electron chi connectivity index (χ2n) is 2.40. The molecule has 3 nitrogen and oxygen atoms in total. The summed E-state index contributed by atoms with van der Waals surface area (Å²) < 4.78 is 8.58. The summed E-state index contributed by atoms with van der Waals surface area (Å²) in [6, 6.07) is 12.3. The van der Waals surface area contributed by atoms with Crippen molar-refractivity contribution in [1.29, 1.82) is 0 Å². The number of benzene rings is 1. The van der Waals surface area contributed by atoms with Crippen LogP contribution in [-0.2, 0) is 20.3 Å². The molecule has 0 spiro atoms. The molecule has 2 rings (SSSR count). The molecule has 0 amide bonds. The van der Waals surface area contributed by atoms with Gasteiger partial charge < -0.3 is 42.3 Å². The van der Waals surface area contributed by atoms with Crippen LogP contribution in [0.1, 0.15) is 0 Å². The quantitative estimate of drug-likeness (QED) is 0.530. The Bertz CT molecular complexity index is 370. The zero-order chi connectivity index (χ0) is 10.2. The molecule has 0 aliphatic carbocycles. The second kappa shape index (κ2) is 13.7. The maximum atomic E-state index is 8.63. The average Bonchev–Trinajstić information content (AvgIpc) is 2.72. The molecule has 0 bridgehead atoms. The molecule has 2 aromatic rings. The first-order valence-electron chi connectivity index (χ1n) is 3.98. The third kappa shape index (κ3) is 10.6. The van der Waals surface area contributed by atoms with Crippen LogP contribution in [0.15, 0.2) is 56.6 Å². The maximum absolute atomic E-state index is 8.63. The van der Waals surface area contributed by atoms with E-state index in [2.05, 4.69) is 3.42 Å². The van der Waals surface area contributed by atoms with Gasteiger partial charge in [0, 0.05) is 0 Å².